The van der Waals surface area contributed by atoms with Crippen molar-refractivity contribution in [3.05, 3.63) is 53.1 Å². The van der Waals surface area contributed by atoms with Crippen LogP contribution in [0.5, 0.6) is 0 Å². The largest absolute Gasteiger partial charge is 0.333 e. The summed E-state index contributed by atoms with van der Waals surface area (Å²) < 4.78 is 2.21. The van der Waals surface area contributed by atoms with Gasteiger partial charge in [0.05, 0.1) is 12.0 Å². The highest BCUT2D eigenvalue weighted by atomic mass is 35.5. The van der Waals surface area contributed by atoms with Gasteiger partial charge in [-0.25, -0.2) is 4.98 Å². The normalized spacial score (nSPS) is 11.2. The van der Waals surface area contributed by atoms with Crippen molar-refractivity contribution in [2.45, 2.75) is 33.4 Å². The number of benzene rings is 1. The number of halogens is 1. The Kier molecular flexibility index (Phi) is 5.62. The van der Waals surface area contributed by atoms with Crippen molar-refractivity contribution in [2.24, 2.45) is 5.92 Å². The Morgan fingerprint density at radius 1 is 1.25 bits per heavy atom. The fourth-order valence-corrected chi connectivity index (χ4v) is 2.21. The second kappa shape index (κ2) is 7.46. The first-order chi connectivity index (χ1) is 9.65. The van der Waals surface area contributed by atoms with Crippen LogP contribution < -0.4 is 5.32 Å². The molecule has 0 aliphatic rings. The van der Waals surface area contributed by atoms with Gasteiger partial charge in [-0.15, -0.1) is 0 Å². The minimum absolute atomic E-state index is 0.667. The van der Waals surface area contributed by atoms with E-state index in [9.17, 15) is 0 Å². The lowest BCUT2D eigenvalue weighted by Crippen LogP contribution is -2.21. The fourth-order valence-electron chi connectivity index (χ4n) is 2.09. The quantitative estimate of drug-likeness (QED) is 0.846. The van der Waals surface area contributed by atoms with Crippen LogP contribution in [0.3, 0.4) is 0 Å². The van der Waals surface area contributed by atoms with Gasteiger partial charge in [0, 0.05) is 24.3 Å². The van der Waals surface area contributed by atoms with Crippen molar-refractivity contribution < 1.29 is 0 Å². The van der Waals surface area contributed by atoms with Crippen LogP contribution in [0.15, 0.2) is 36.8 Å². The summed E-state index contributed by atoms with van der Waals surface area (Å²) in [6.45, 7) is 7.27. The molecule has 2 rings (SSSR count). The molecule has 2 aromatic rings. The smallest absolute Gasteiger partial charge is 0.0948 e. The number of aromatic nitrogens is 2. The van der Waals surface area contributed by atoms with Gasteiger partial charge in [-0.2, -0.15) is 0 Å². The van der Waals surface area contributed by atoms with Crippen LogP contribution in [0.1, 0.15) is 25.1 Å². The van der Waals surface area contributed by atoms with E-state index in [0.717, 1.165) is 31.1 Å². The summed E-state index contributed by atoms with van der Waals surface area (Å²) in [5, 5.41) is 4.24. The minimum Gasteiger partial charge on any atom is -0.333 e. The van der Waals surface area contributed by atoms with Crippen LogP contribution in [0, 0.1) is 5.92 Å². The molecule has 1 heterocycles. The molecule has 0 amide bonds. The molecule has 0 spiro atoms. The van der Waals surface area contributed by atoms with Gasteiger partial charge < -0.3 is 9.88 Å². The molecule has 0 unspecified atom stereocenters. The molecule has 0 saturated heterocycles. The first-order valence-electron chi connectivity index (χ1n) is 7.09. The molecule has 0 aliphatic carbocycles. The van der Waals surface area contributed by atoms with E-state index in [0.29, 0.717) is 5.92 Å². The molecule has 0 fully saturated rings. The highest BCUT2D eigenvalue weighted by molar-refractivity contribution is 6.30. The van der Waals surface area contributed by atoms with Gasteiger partial charge >= 0.3 is 0 Å². The molecule has 0 bridgehead atoms. The SMILES string of the molecule is CC(C)CNCc1cncn1CCc1ccc(Cl)cc1. The summed E-state index contributed by atoms with van der Waals surface area (Å²) in [6.07, 6.45) is 4.84. The molecule has 3 nitrogen and oxygen atoms in total. The molecule has 0 saturated carbocycles. The van der Waals surface area contributed by atoms with Crippen molar-refractivity contribution in [1.82, 2.24) is 14.9 Å². The molecule has 108 valence electrons. The van der Waals surface area contributed by atoms with Crippen LogP contribution >= 0.6 is 11.6 Å². The monoisotopic (exact) mass is 291 g/mol. The summed E-state index contributed by atoms with van der Waals surface area (Å²) in [4.78, 5) is 4.25. The molecule has 0 atom stereocenters. The third-order valence-corrected chi connectivity index (χ3v) is 3.46. The number of nitrogens with zero attached hydrogens (tertiary/aromatic N) is 2. The molecule has 20 heavy (non-hydrogen) atoms. The zero-order chi connectivity index (χ0) is 14.4. The number of nitrogens with one attached hydrogen (secondary N) is 1. The van der Waals surface area contributed by atoms with Gasteiger partial charge in [-0.3, -0.25) is 0 Å². The Morgan fingerprint density at radius 2 is 2.00 bits per heavy atom. The summed E-state index contributed by atoms with van der Waals surface area (Å²) in [5.74, 6) is 0.667. The molecule has 4 heteroatoms. The van der Waals surface area contributed by atoms with Gasteiger partial charge in [-0.1, -0.05) is 37.6 Å². The van der Waals surface area contributed by atoms with Crippen molar-refractivity contribution in [3.8, 4) is 0 Å². The Morgan fingerprint density at radius 3 is 2.70 bits per heavy atom. The summed E-state index contributed by atoms with van der Waals surface area (Å²) in [6, 6.07) is 8.04. The first-order valence-corrected chi connectivity index (χ1v) is 7.47. The second-order valence-electron chi connectivity index (χ2n) is 5.48. The van der Waals surface area contributed by atoms with E-state index in [-0.39, 0.29) is 0 Å². The van der Waals surface area contributed by atoms with E-state index in [2.05, 4.69) is 40.8 Å². The average molecular weight is 292 g/mol. The Hall–Kier alpha value is -1.32. The van der Waals surface area contributed by atoms with E-state index in [1.165, 1.54) is 11.3 Å². The van der Waals surface area contributed by atoms with E-state index >= 15 is 0 Å². The molecule has 1 aromatic carbocycles. The van der Waals surface area contributed by atoms with Crippen LogP contribution in [-0.4, -0.2) is 16.1 Å². The number of rotatable bonds is 7. The molecule has 0 radical (unpaired) electrons. The standard InChI is InChI=1S/C16H22ClN3/c1-13(2)9-18-10-16-11-19-12-20(16)8-7-14-3-5-15(17)6-4-14/h3-6,11-13,18H,7-10H2,1-2H3. The lowest BCUT2D eigenvalue weighted by Gasteiger charge is -2.10. The van der Waals surface area contributed by atoms with Gasteiger partial charge in [0.25, 0.3) is 0 Å². The second-order valence-corrected chi connectivity index (χ2v) is 5.92. The maximum Gasteiger partial charge on any atom is 0.0948 e. The number of aryl methyl sites for hydroxylation is 2. The number of hydrogen-bond acceptors (Lipinski definition) is 2. The van der Waals surface area contributed by atoms with Crippen molar-refractivity contribution in [2.75, 3.05) is 6.54 Å². The van der Waals surface area contributed by atoms with E-state index in [1.807, 2.05) is 24.7 Å². The Bertz CT molecular complexity index is 517. The lowest BCUT2D eigenvalue weighted by molar-refractivity contribution is 0.534. The van der Waals surface area contributed by atoms with Crippen molar-refractivity contribution >= 4 is 11.6 Å². The number of hydrogen-bond donors (Lipinski definition) is 1. The van der Waals surface area contributed by atoms with Crippen molar-refractivity contribution in [1.29, 1.82) is 0 Å². The van der Waals surface area contributed by atoms with Gasteiger partial charge in [0.1, 0.15) is 0 Å². The highest BCUT2D eigenvalue weighted by Crippen LogP contribution is 2.11. The van der Waals surface area contributed by atoms with Crippen LogP contribution in [0.4, 0.5) is 0 Å². The fraction of sp³-hybridized carbons (Fsp3) is 0.438. The van der Waals surface area contributed by atoms with E-state index in [1.54, 1.807) is 0 Å². The van der Waals surface area contributed by atoms with Crippen LogP contribution in [0.2, 0.25) is 5.02 Å². The lowest BCUT2D eigenvalue weighted by atomic mass is 10.1. The number of imidazole rings is 1. The molecular weight excluding hydrogens is 270 g/mol. The van der Waals surface area contributed by atoms with Gasteiger partial charge in [0.2, 0.25) is 0 Å². The topological polar surface area (TPSA) is 29.9 Å². The molecule has 0 aliphatic heterocycles. The Labute approximate surface area is 126 Å². The van der Waals surface area contributed by atoms with Gasteiger partial charge in [-0.05, 0) is 36.6 Å². The predicted octanol–water partition coefficient (Wildman–Crippen LogP) is 3.52. The summed E-state index contributed by atoms with van der Waals surface area (Å²) in [5.41, 5.74) is 2.53. The zero-order valence-electron chi connectivity index (χ0n) is 12.1. The predicted molar refractivity (Wildman–Crippen MR) is 83.9 cm³/mol. The average Bonchev–Trinajstić information content (AvgIpc) is 2.85. The first kappa shape index (κ1) is 15.1. The maximum atomic E-state index is 5.90. The Balaban J connectivity index is 1.86. The van der Waals surface area contributed by atoms with Crippen molar-refractivity contribution in [3.63, 3.8) is 0 Å². The van der Waals surface area contributed by atoms with Crippen LogP contribution in [0.25, 0.3) is 0 Å². The third-order valence-electron chi connectivity index (χ3n) is 3.21. The maximum absolute atomic E-state index is 5.90. The van der Waals surface area contributed by atoms with E-state index in [4.69, 9.17) is 11.6 Å². The summed E-state index contributed by atoms with van der Waals surface area (Å²) >= 11 is 5.90. The molecular formula is C16H22ClN3. The third kappa shape index (κ3) is 4.66. The van der Waals surface area contributed by atoms with Gasteiger partial charge in [0.15, 0.2) is 0 Å². The molecule has 1 N–H and O–H groups in total. The van der Waals surface area contributed by atoms with Crippen LogP contribution in [-0.2, 0) is 19.5 Å². The minimum atomic E-state index is 0.667. The summed E-state index contributed by atoms with van der Waals surface area (Å²) in [7, 11) is 0. The van der Waals surface area contributed by atoms with E-state index < -0.39 is 0 Å². The zero-order valence-corrected chi connectivity index (χ0v) is 12.9. The molecule has 1 aromatic heterocycles. The highest BCUT2D eigenvalue weighted by Gasteiger charge is 2.03.